The smallest absolute Gasteiger partial charge is 0.244 e. The van der Waals surface area contributed by atoms with Gasteiger partial charge in [0.25, 0.3) is 0 Å². The molecule has 0 amide bonds. The summed E-state index contributed by atoms with van der Waals surface area (Å²) in [5.74, 6) is 1.67. The molecule has 0 bridgehead atoms. The molecule has 0 unspecified atom stereocenters. The minimum atomic E-state index is 0.0422. The molecule has 4 rings (SSSR count). The molecular formula is C15H15N3O3. The van der Waals surface area contributed by atoms with Crippen LogP contribution in [0, 0.1) is 0 Å². The summed E-state index contributed by atoms with van der Waals surface area (Å²) >= 11 is 0. The number of fused-ring (bicyclic) bond motifs is 1. The third-order valence-electron chi connectivity index (χ3n) is 3.81. The number of hydrogen-bond acceptors (Lipinski definition) is 6. The van der Waals surface area contributed by atoms with Crippen molar-refractivity contribution >= 4 is 11.0 Å². The van der Waals surface area contributed by atoms with Gasteiger partial charge in [0.2, 0.25) is 11.7 Å². The highest BCUT2D eigenvalue weighted by Crippen LogP contribution is 2.28. The summed E-state index contributed by atoms with van der Waals surface area (Å²) in [7, 11) is 1.71. The summed E-state index contributed by atoms with van der Waals surface area (Å²) in [6.45, 7) is 0.795. The monoisotopic (exact) mass is 285 g/mol. The van der Waals surface area contributed by atoms with Gasteiger partial charge >= 0.3 is 0 Å². The van der Waals surface area contributed by atoms with E-state index in [0.717, 1.165) is 23.9 Å². The highest BCUT2D eigenvalue weighted by Gasteiger charge is 2.29. The molecule has 1 aliphatic heterocycles. The maximum Gasteiger partial charge on any atom is 0.244 e. The third kappa shape index (κ3) is 2.22. The Hall–Kier alpha value is -2.18. The first-order chi connectivity index (χ1) is 10.3. The van der Waals surface area contributed by atoms with Gasteiger partial charge in [-0.15, -0.1) is 0 Å². The molecule has 1 saturated heterocycles. The number of nitrogens with zero attached hydrogens (tertiary/aromatic N) is 2. The number of methoxy groups -OCH3 is 1. The first-order valence-corrected chi connectivity index (χ1v) is 6.92. The lowest BCUT2D eigenvalue weighted by Gasteiger charge is -2.04. The molecule has 3 aromatic rings. The van der Waals surface area contributed by atoms with Crippen molar-refractivity contribution in [2.45, 2.75) is 18.6 Å². The van der Waals surface area contributed by atoms with E-state index in [9.17, 15) is 0 Å². The van der Waals surface area contributed by atoms with Gasteiger partial charge in [-0.25, -0.2) is 0 Å². The number of para-hydroxylation sites is 1. The maximum absolute atomic E-state index is 5.74. The number of aromatic nitrogens is 2. The van der Waals surface area contributed by atoms with Crippen LogP contribution >= 0.6 is 0 Å². The second-order valence-electron chi connectivity index (χ2n) is 5.16. The Kier molecular flexibility index (Phi) is 2.98. The summed E-state index contributed by atoms with van der Waals surface area (Å²) < 4.78 is 16.4. The standard InChI is InChI=1S/C15H15N3O3/c1-19-10-7-11(16-8-10)15-17-14(18-21-15)13-6-9-4-2-3-5-12(9)20-13/h2-6,10-11,16H,7-8H2,1H3/t10-,11+/m0/s1. The Balaban J connectivity index is 1.62. The van der Waals surface area contributed by atoms with Crippen LogP contribution in [-0.4, -0.2) is 29.9 Å². The molecular weight excluding hydrogens is 270 g/mol. The number of nitrogens with one attached hydrogen (secondary N) is 1. The van der Waals surface area contributed by atoms with Gasteiger partial charge < -0.3 is 19.0 Å². The molecule has 0 saturated carbocycles. The molecule has 1 aromatic carbocycles. The normalized spacial score (nSPS) is 22.1. The average molecular weight is 285 g/mol. The van der Waals surface area contributed by atoms with E-state index in [-0.39, 0.29) is 12.1 Å². The van der Waals surface area contributed by atoms with Crippen LogP contribution < -0.4 is 5.32 Å². The molecule has 108 valence electrons. The van der Waals surface area contributed by atoms with Crippen LogP contribution in [-0.2, 0) is 4.74 Å². The minimum Gasteiger partial charge on any atom is -0.453 e. The van der Waals surface area contributed by atoms with E-state index in [1.165, 1.54) is 0 Å². The Morgan fingerprint density at radius 1 is 1.33 bits per heavy atom. The van der Waals surface area contributed by atoms with Crippen LogP contribution in [0.3, 0.4) is 0 Å². The summed E-state index contributed by atoms with van der Waals surface area (Å²) in [6, 6.07) is 9.78. The quantitative estimate of drug-likeness (QED) is 0.797. The Labute approximate surface area is 121 Å². The van der Waals surface area contributed by atoms with E-state index < -0.39 is 0 Å². The summed E-state index contributed by atoms with van der Waals surface area (Å²) in [6.07, 6.45) is 1.02. The second-order valence-corrected chi connectivity index (χ2v) is 5.16. The van der Waals surface area contributed by atoms with Crippen LogP contribution in [0.4, 0.5) is 0 Å². The van der Waals surface area contributed by atoms with E-state index in [2.05, 4.69) is 15.5 Å². The van der Waals surface area contributed by atoms with Crippen LogP contribution in [0.15, 0.2) is 39.3 Å². The zero-order valence-electron chi connectivity index (χ0n) is 11.6. The lowest BCUT2D eigenvalue weighted by molar-refractivity contribution is 0.116. The van der Waals surface area contributed by atoms with Crippen LogP contribution in [0.1, 0.15) is 18.4 Å². The van der Waals surface area contributed by atoms with Crippen molar-refractivity contribution in [2.24, 2.45) is 0 Å². The predicted octanol–water partition coefficient (Wildman–Crippen LogP) is 2.53. The lowest BCUT2D eigenvalue weighted by Crippen LogP contribution is -2.16. The fraction of sp³-hybridized carbons (Fsp3) is 0.333. The van der Waals surface area contributed by atoms with Gasteiger partial charge in [0.1, 0.15) is 5.58 Å². The van der Waals surface area contributed by atoms with Gasteiger partial charge in [-0.05, 0) is 18.6 Å². The van der Waals surface area contributed by atoms with E-state index in [1.54, 1.807) is 7.11 Å². The number of ether oxygens (including phenoxy) is 1. The van der Waals surface area contributed by atoms with Crippen LogP contribution in [0.5, 0.6) is 0 Å². The zero-order chi connectivity index (χ0) is 14.2. The fourth-order valence-electron chi connectivity index (χ4n) is 2.64. The molecule has 2 atom stereocenters. The zero-order valence-corrected chi connectivity index (χ0v) is 11.6. The molecule has 0 aliphatic carbocycles. The predicted molar refractivity (Wildman–Crippen MR) is 75.7 cm³/mol. The molecule has 21 heavy (non-hydrogen) atoms. The highest BCUT2D eigenvalue weighted by molar-refractivity contribution is 5.81. The van der Waals surface area contributed by atoms with Gasteiger partial charge in [-0.2, -0.15) is 4.98 Å². The van der Waals surface area contributed by atoms with Crippen molar-refractivity contribution in [3.8, 4) is 11.6 Å². The molecule has 1 fully saturated rings. The minimum absolute atomic E-state index is 0.0422. The number of hydrogen-bond donors (Lipinski definition) is 1. The van der Waals surface area contributed by atoms with E-state index >= 15 is 0 Å². The van der Waals surface area contributed by atoms with Crippen LogP contribution in [0.2, 0.25) is 0 Å². The molecule has 2 aromatic heterocycles. The molecule has 0 spiro atoms. The van der Waals surface area contributed by atoms with Crippen molar-refractivity contribution in [1.82, 2.24) is 15.5 Å². The van der Waals surface area contributed by atoms with Gasteiger partial charge in [-0.1, -0.05) is 23.4 Å². The average Bonchev–Trinajstić information content (AvgIpc) is 3.24. The number of rotatable bonds is 3. The van der Waals surface area contributed by atoms with Crippen molar-refractivity contribution in [2.75, 3.05) is 13.7 Å². The van der Waals surface area contributed by atoms with Crippen molar-refractivity contribution in [1.29, 1.82) is 0 Å². The largest absolute Gasteiger partial charge is 0.453 e. The lowest BCUT2D eigenvalue weighted by atomic mass is 10.2. The van der Waals surface area contributed by atoms with E-state index in [4.69, 9.17) is 13.7 Å². The Morgan fingerprint density at radius 3 is 3.05 bits per heavy atom. The van der Waals surface area contributed by atoms with E-state index in [1.807, 2.05) is 30.3 Å². The van der Waals surface area contributed by atoms with Crippen molar-refractivity contribution in [3.63, 3.8) is 0 Å². The van der Waals surface area contributed by atoms with Crippen molar-refractivity contribution < 1.29 is 13.7 Å². The summed E-state index contributed by atoms with van der Waals surface area (Å²) in [5, 5.41) is 8.36. The van der Waals surface area contributed by atoms with Gasteiger partial charge in [0, 0.05) is 19.0 Å². The molecule has 0 radical (unpaired) electrons. The number of benzene rings is 1. The molecule has 3 heterocycles. The molecule has 1 N–H and O–H groups in total. The molecule has 1 aliphatic rings. The SMILES string of the molecule is CO[C@@H]1CN[C@@H](c2nc(-c3cc4ccccc4o3)no2)C1. The Bertz CT molecular complexity index is 731. The summed E-state index contributed by atoms with van der Waals surface area (Å²) in [5.41, 5.74) is 0.817. The first kappa shape index (κ1) is 12.6. The number of furan rings is 1. The maximum atomic E-state index is 5.74. The topological polar surface area (TPSA) is 73.3 Å². The van der Waals surface area contributed by atoms with Crippen LogP contribution in [0.25, 0.3) is 22.6 Å². The second kappa shape index (κ2) is 4.98. The fourth-order valence-corrected chi connectivity index (χ4v) is 2.64. The highest BCUT2D eigenvalue weighted by atomic mass is 16.5. The van der Waals surface area contributed by atoms with Gasteiger partial charge in [0.15, 0.2) is 5.76 Å². The van der Waals surface area contributed by atoms with Gasteiger partial charge in [0.05, 0.1) is 12.1 Å². The van der Waals surface area contributed by atoms with E-state index in [0.29, 0.717) is 17.5 Å². The molecule has 6 heteroatoms. The third-order valence-corrected chi connectivity index (χ3v) is 3.81. The summed E-state index contributed by atoms with van der Waals surface area (Å²) in [4.78, 5) is 4.44. The van der Waals surface area contributed by atoms with Crippen molar-refractivity contribution in [3.05, 3.63) is 36.2 Å². The van der Waals surface area contributed by atoms with Gasteiger partial charge in [-0.3, -0.25) is 0 Å². The Morgan fingerprint density at radius 2 is 2.24 bits per heavy atom. The molecule has 6 nitrogen and oxygen atoms in total. The first-order valence-electron chi connectivity index (χ1n) is 6.92.